The van der Waals surface area contributed by atoms with Crippen molar-refractivity contribution in [1.29, 1.82) is 0 Å². The first kappa shape index (κ1) is 28.5. The van der Waals surface area contributed by atoms with E-state index in [2.05, 4.69) is 130 Å². The lowest BCUT2D eigenvalue weighted by atomic mass is 9.96. The Labute approximate surface area is 283 Å². The fraction of sp³-hybridized carbons (Fsp3) is 0. The predicted octanol–water partition coefficient (Wildman–Crippen LogP) is 12.0. The predicted molar refractivity (Wildman–Crippen MR) is 203 cm³/mol. The number of para-hydroxylation sites is 1. The lowest BCUT2D eigenvalue weighted by molar-refractivity contribution is 0.669. The van der Waals surface area contributed by atoms with Gasteiger partial charge in [-0.15, -0.1) is 0 Å². The quantitative estimate of drug-likeness (QED) is 0.183. The van der Waals surface area contributed by atoms with Gasteiger partial charge in [0.25, 0.3) is 0 Å². The molecule has 0 aliphatic heterocycles. The van der Waals surface area contributed by atoms with Gasteiger partial charge in [-0.25, -0.2) is 9.97 Å². The molecule has 2 N–H and O–H groups in total. The smallest absolute Gasteiger partial charge is 0.159 e. The van der Waals surface area contributed by atoms with Crippen LogP contribution in [-0.4, -0.2) is 9.97 Å². The third-order valence-electron chi connectivity index (χ3n) is 8.93. The van der Waals surface area contributed by atoms with Crippen LogP contribution in [0.15, 0.2) is 175 Å². The molecule has 232 valence electrons. The van der Waals surface area contributed by atoms with Crippen LogP contribution in [0.2, 0.25) is 0 Å². The van der Waals surface area contributed by atoms with Crippen LogP contribution in [0.4, 0.5) is 22.7 Å². The molecule has 9 aromatic rings. The molecule has 2 heterocycles. The zero-order chi connectivity index (χ0) is 32.6. The van der Waals surface area contributed by atoms with Gasteiger partial charge in [-0.2, -0.15) is 0 Å². The number of hydrogen-bond donors (Lipinski definition) is 2. The fourth-order valence-corrected chi connectivity index (χ4v) is 6.44. The van der Waals surface area contributed by atoms with Gasteiger partial charge < -0.3 is 15.1 Å². The van der Waals surface area contributed by atoms with Crippen molar-refractivity contribution in [3.8, 4) is 33.6 Å². The standard InChI is InChI=1S/C44H30N4O/c1-2-8-31(9-3-1)44-45-27-37(28-46-44)48-41-14-7-10-30-16-17-34(25-40(30)41)33-12-6-11-32(24-33)29-18-20-35(21-19-29)47-36-22-23-39-38-13-4-5-15-42(38)49-43(39)26-36/h1-28,47-48H. The van der Waals surface area contributed by atoms with E-state index in [9.17, 15) is 0 Å². The van der Waals surface area contributed by atoms with Crippen LogP contribution in [0, 0.1) is 0 Å². The maximum Gasteiger partial charge on any atom is 0.159 e. The van der Waals surface area contributed by atoms with Crippen molar-refractivity contribution in [2.75, 3.05) is 10.6 Å². The van der Waals surface area contributed by atoms with Gasteiger partial charge in [0, 0.05) is 44.9 Å². The van der Waals surface area contributed by atoms with Crippen LogP contribution in [-0.2, 0) is 0 Å². The summed E-state index contributed by atoms with van der Waals surface area (Å²) >= 11 is 0. The SMILES string of the molecule is c1ccc(-c2ncc(Nc3cccc4ccc(-c5cccc(-c6ccc(Nc7ccc8c(c7)oc7ccccc78)cc6)c5)cc34)cn2)cc1. The minimum Gasteiger partial charge on any atom is -0.456 e. The number of hydrogen-bond acceptors (Lipinski definition) is 5. The number of aromatic nitrogens is 2. The van der Waals surface area contributed by atoms with E-state index in [1.54, 1.807) is 0 Å². The second-order valence-electron chi connectivity index (χ2n) is 12.1. The van der Waals surface area contributed by atoms with E-state index in [1.165, 1.54) is 0 Å². The first-order valence-electron chi connectivity index (χ1n) is 16.3. The lowest BCUT2D eigenvalue weighted by Crippen LogP contribution is -1.95. The van der Waals surface area contributed by atoms with E-state index in [4.69, 9.17) is 4.42 Å². The van der Waals surface area contributed by atoms with Crippen LogP contribution in [0.25, 0.3) is 66.4 Å². The van der Waals surface area contributed by atoms with Gasteiger partial charge in [0.1, 0.15) is 11.2 Å². The molecule has 0 aliphatic rings. The Bertz CT molecular complexity index is 2590. The molecule has 0 bridgehead atoms. The Morgan fingerprint density at radius 2 is 1.06 bits per heavy atom. The summed E-state index contributed by atoms with van der Waals surface area (Å²) in [4.78, 5) is 9.18. The van der Waals surface area contributed by atoms with Crippen molar-refractivity contribution >= 4 is 55.5 Å². The molecule has 2 aromatic heterocycles. The Hall–Kier alpha value is -6.72. The van der Waals surface area contributed by atoms with Gasteiger partial charge in [0.15, 0.2) is 5.82 Å². The second kappa shape index (κ2) is 12.1. The number of benzene rings is 7. The van der Waals surface area contributed by atoms with Crippen molar-refractivity contribution in [2.45, 2.75) is 0 Å². The highest BCUT2D eigenvalue weighted by Gasteiger charge is 2.10. The van der Waals surface area contributed by atoms with Crippen molar-refractivity contribution in [1.82, 2.24) is 9.97 Å². The molecule has 0 atom stereocenters. The first-order valence-corrected chi connectivity index (χ1v) is 16.3. The van der Waals surface area contributed by atoms with E-state index >= 15 is 0 Å². The van der Waals surface area contributed by atoms with Crippen LogP contribution in [0.1, 0.15) is 0 Å². The maximum absolute atomic E-state index is 6.08. The van der Waals surface area contributed by atoms with Crippen molar-refractivity contribution in [2.24, 2.45) is 0 Å². The second-order valence-corrected chi connectivity index (χ2v) is 12.1. The van der Waals surface area contributed by atoms with Crippen molar-refractivity contribution in [3.05, 3.63) is 170 Å². The molecule has 0 amide bonds. The first-order chi connectivity index (χ1) is 24.2. The summed E-state index contributed by atoms with van der Waals surface area (Å²) in [5.41, 5.74) is 11.3. The Kier molecular flexibility index (Phi) is 7.06. The van der Waals surface area contributed by atoms with E-state index in [-0.39, 0.29) is 0 Å². The van der Waals surface area contributed by atoms with E-state index in [1.807, 2.05) is 60.9 Å². The van der Waals surface area contributed by atoms with E-state index in [0.717, 1.165) is 83.3 Å². The summed E-state index contributed by atoms with van der Waals surface area (Å²) in [7, 11) is 0. The molecule has 0 aliphatic carbocycles. The van der Waals surface area contributed by atoms with Crippen LogP contribution in [0.3, 0.4) is 0 Å². The molecule has 5 heteroatoms. The molecular formula is C44H30N4O. The minimum absolute atomic E-state index is 0.706. The molecular weight excluding hydrogens is 601 g/mol. The molecule has 7 aromatic carbocycles. The maximum atomic E-state index is 6.08. The molecule has 5 nitrogen and oxygen atoms in total. The third-order valence-corrected chi connectivity index (χ3v) is 8.93. The molecule has 0 saturated carbocycles. The van der Waals surface area contributed by atoms with E-state index in [0.29, 0.717) is 5.82 Å². The number of furan rings is 1. The van der Waals surface area contributed by atoms with Gasteiger partial charge in [-0.1, -0.05) is 103 Å². The number of nitrogens with zero attached hydrogens (tertiary/aromatic N) is 2. The summed E-state index contributed by atoms with van der Waals surface area (Å²) in [6.45, 7) is 0. The lowest BCUT2D eigenvalue weighted by Gasteiger charge is -2.12. The molecule has 49 heavy (non-hydrogen) atoms. The Morgan fingerprint density at radius 1 is 0.388 bits per heavy atom. The summed E-state index contributed by atoms with van der Waals surface area (Å²) < 4.78 is 6.08. The Morgan fingerprint density at radius 3 is 1.92 bits per heavy atom. The zero-order valence-corrected chi connectivity index (χ0v) is 26.5. The fourth-order valence-electron chi connectivity index (χ4n) is 6.44. The normalized spacial score (nSPS) is 11.3. The van der Waals surface area contributed by atoms with Gasteiger partial charge >= 0.3 is 0 Å². The zero-order valence-electron chi connectivity index (χ0n) is 26.5. The molecule has 0 radical (unpaired) electrons. The average molecular weight is 631 g/mol. The Balaban J connectivity index is 0.951. The highest BCUT2D eigenvalue weighted by atomic mass is 16.3. The van der Waals surface area contributed by atoms with Crippen LogP contribution < -0.4 is 10.6 Å². The summed E-state index contributed by atoms with van der Waals surface area (Å²) in [6.07, 6.45) is 3.67. The summed E-state index contributed by atoms with van der Waals surface area (Å²) in [6, 6.07) is 54.6. The summed E-state index contributed by atoms with van der Waals surface area (Å²) in [5.74, 6) is 0.706. The minimum atomic E-state index is 0.706. The highest BCUT2D eigenvalue weighted by molar-refractivity contribution is 6.05. The molecule has 9 rings (SSSR count). The number of nitrogens with one attached hydrogen (secondary N) is 2. The third kappa shape index (κ3) is 5.64. The van der Waals surface area contributed by atoms with Crippen LogP contribution >= 0.6 is 0 Å². The molecule has 0 unspecified atom stereocenters. The van der Waals surface area contributed by atoms with Gasteiger partial charge in [-0.3, -0.25) is 0 Å². The monoisotopic (exact) mass is 630 g/mol. The highest BCUT2D eigenvalue weighted by Crippen LogP contribution is 2.34. The van der Waals surface area contributed by atoms with Gasteiger partial charge in [-0.05, 0) is 76.2 Å². The number of rotatable bonds is 7. The molecule has 0 spiro atoms. The largest absolute Gasteiger partial charge is 0.456 e. The number of fused-ring (bicyclic) bond motifs is 4. The summed E-state index contributed by atoms with van der Waals surface area (Å²) in [5, 5.41) is 11.6. The van der Waals surface area contributed by atoms with Crippen LogP contribution in [0.5, 0.6) is 0 Å². The molecule has 0 saturated heterocycles. The molecule has 0 fully saturated rings. The van der Waals surface area contributed by atoms with Crippen molar-refractivity contribution in [3.63, 3.8) is 0 Å². The van der Waals surface area contributed by atoms with Crippen molar-refractivity contribution < 1.29 is 4.42 Å². The van der Waals surface area contributed by atoms with Gasteiger partial charge in [0.05, 0.1) is 18.1 Å². The average Bonchev–Trinajstić information content (AvgIpc) is 3.54. The van der Waals surface area contributed by atoms with Gasteiger partial charge in [0.2, 0.25) is 0 Å². The number of anilines is 4. The topological polar surface area (TPSA) is 63.0 Å². The van der Waals surface area contributed by atoms with E-state index < -0.39 is 0 Å².